The lowest BCUT2D eigenvalue weighted by molar-refractivity contribution is 0.286. The molecule has 0 spiro atoms. The van der Waals surface area contributed by atoms with Crippen LogP contribution < -0.4 is 10.5 Å². The van der Waals surface area contributed by atoms with E-state index < -0.39 is 5.82 Å². The fraction of sp³-hybridized carbons (Fsp3) is 0.0833. The normalized spacial score (nSPS) is 10.1. The molecule has 0 radical (unpaired) electrons. The minimum Gasteiger partial charge on any atom is -0.484 e. The van der Waals surface area contributed by atoms with Crippen LogP contribution in [0.25, 0.3) is 0 Å². The molecule has 1 aromatic carbocycles. The van der Waals surface area contributed by atoms with Gasteiger partial charge in [-0.1, -0.05) is 12.1 Å². The summed E-state index contributed by atoms with van der Waals surface area (Å²) in [4.78, 5) is 4.05. The minimum absolute atomic E-state index is 0.160. The van der Waals surface area contributed by atoms with Crippen molar-refractivity contribution in [1.29, 1.82) is 0 Å². The van der Waals surface area contributed by atoms with Gasteiger partial charge in [-0.05, 0) is 24.3 Å². The molecule has 82 valence electrons. The molecule has 0 aliphatic carbocycles. The second-order valence-corrected chi connectivity index (χ2v) is 3.26. The Hall–Kier alpha value is -2.10. The summed E-state index contributed by atoms with van der Waals surface area (Å²) >= 11 is 0. The standard InChI is InChI=1S/C12H11FN2O/c13-9-4-1-2-6-12(9)16-8-11-10(14)5-3-7-15-11/h1-7H,8,14H2. The number of ether oxygens (including phenoxy) is 1. The predicted molar refractivity (Wildman–Crippen MR) is 59.4 cm³/mol. The lowest BCUT2D eigenvalue weighted by atomic mass is 10.3. The van der Waals surface area contributed by atoms with E-state index in [1.165, 1.54) is 6.07 Å². The Labute approximate surface area is 92.7 Å². The molecule has 4 heteroatoms. The van der Waals surface area contributed by atoms with Crippen molar-refractivity contribution in [2.75, 3.05) is 5.73 Å². The largest absolute Gasteiger partial charge is 0.484 e. The molecule has 3 nitrogen and oxygen atoms in total. The smallest absolute Gasteiger partial charge is 0.165 e. The van der Waals surface area contributed by atoms with Crippen LogP contribution in [0.15, 0.2) is 42.6 Å². The maximum atomic E-state index is 13.2. The van der Waals surface area contributed by atoms with Gasteiger partial charge in [0, 0.05) is 6.20 Å². The van der Waals surface area contributed by atoms with Gasteiger partial charge >= 0.3 is 0 Å². The first-order chi connectivity index (χ1) is 7.77. The molecular weight excluding hydrogens is 207 g/mol. The number of halogens is 1. The Balaban J connectivity index is 2.09. The third kappa shape index (κ3) is 2.28. The van der Waals surface area contributed by atoms with Gasteiger partial charge < -0.3 is 10.5 Å². The van der Waals surface area contributed by atoms with E-state index in [0.717, 1.165) is 0 Å². The van der Waals surface area contributed by atoms with Crippen LogP contribution in [0.3, 0.4) is 0 Å². The molecule has 0 atom stereocenters. The minimum atomic E-state index is -0.392. The summed E-state index contributed by atoms with van der Waals surface area (Å²) in [7, 11) is 0. The molecule has 0 bridgehead atoms. The number of nitrogens with zero attached hydrogens (tertiary/aromatic N) is 1. The van der Waals surface area contributed by atoms with Gasteiger partial charge in [-0.25, -0.2) is 4.39 Å². The Bertz CT molecular complexity index is 442. The molecule has 0 saturated heterocycles. The van der Waals surface area contributed by atoms with Gasteiger partial charge in [-0.2, -0.15) is 0 Å². The van der Waals surface area contributed by atoms with Crippen molar-refractivity contribution in [3.05, 3.63) is 54.1 Å². The number of nitrogens with two attached hydrogens (primary N) is 1. The van der Waals surface area contributed by atoms with Crippen molar-refractivity contribution >= 4 is 5.69 Å². The second kappa shape index (κ2) is 4.61. The van der Waals surface area contributed by atoms with E-state index in [2.05, 4.69) is 4.98 Å². The van der Waals surface area contributed by atoms with Gasteiger partial charge in [-0.15, -0.1) is 0 Å². The second-order valence-electron chi connectivity index (χ2n) is 3.26. The number of aromatic nitrogens is 1. The Morgan fingerprint density at radius 2 is 2.00 bits per heavy atom. The zero-order chi connectivity index (χ0) is 11.4. The number of hydrogen-bond donors (Lipinski definition) is 1. The van der Waals surface area contributed by atoms with Crippen LogP contribution in [-0.2, 0) is 6.61 Å². The zero-order valence-corrected chi connectivity index (χ0v) is 8.56. The summed E-state index contributed by atoms with van der Waals surface area (Å²) in [6, 6.07) is 9.69. The van der Waals surface area contributed by atoms with Crippen molar-refractivity contribution in [3.8, 4) is 5.75 Å². The SMILES string of the molecule is Nc1cccnc1COc1ccccc1F. The first kappa shape index (κ1) is 10.4. The molecule has 2 N–H and O–H groups in total. The third-order valence-electron chi connectivity index (χ3n) is 2.13. The summed E-state index contributed by atoms with van der Waals surface area (Å²) in [5, 5.41) is 0. The number of rotatable bonds is 3. The van der Waals surface area contributed by atoms with Crippen LogP contribution in [0, 0.1) is 5.82 Å². The lowest BCUT2D eigenvalue weighted by Gasteiger charge is -2.07. The fourth-order valence-corrected chi connectivity index (χ4v) is 1.28. The van der Waals surface area contributed by atoms with E-state index in [4.69, 9.17) is 10.5 Å². The summed E-state index contributed by atoms with van der Waals surface area (Å²) in [6.07, 6.45) is 1.62. The van der Waals surface area contributed by atoms with Crippen molar-refractivity contribution in [2.45, 2.75) is 6.61 Å². The quantitative estimate of drug-likeness (QED) is 0.860. The Kier molecular flexibility index (Phi) is 3.00. The van der Waals surface area contributed by atoms with Gasteiger partial charge in [0.25, 0.3) is 0 Å². The summed E-state index contributed by atoms with van der Waals surface area (Å²) < 4.78 is 18.5. The van der Waals surface area contributed by atoms with Gasteiger partial charge in [0.05, 0.1) is 5.69 Å². The Morgan fingerprint density at radius 1 is 1.19 bits per heavy atom. The van der Waals surface area contributed by atoms with E-state index in [9.17, 15) is 4.39 Å². The molecule has 0 fully saturated rings. The molecular formula is C12H11FN2O. The molecule has 1 heterocycles. The van der Waals surface area contributed by atoms with Gasteiger partial charge in [-0.3, -0.25) is 4.98 Å². The highest BCUT2D eigenvalue weighted by Gasteiger charge is 2.04. The average Bonchev–Trinajstić information content (AvgIpc) is 2.30. The summed E-state index contributed by atoms with van der Waals surface area (Å²) in [5.74, 6) is -0.190. The van der Waals surface area contributed by atoms with Gasteiger partial charge in [0.15, 0.2) is 11.6 Å². The molecule has 1 aromatic heterocycles. The molecule has 0 saturated carbocycles. The predicted octanol–water partition coefficient (Wildman–Crippen LogP) is 2.38. The van der Waals surface area contributed by atoms with E-state index in [1.807, 2.05) is 0 Å². The molecule has 16 heavy (non-hydrogen) atoms. The van der Waals surface area contributed by atoms with Gasteiger partial charge in [0.1, 0.15) is 12.3 Å². The topological polar surface area (TPSA) is 48.1 Å². The highest BCUT2D eigenvalue weighted by molar-refractivity contribution is 5.41. The first-order valence-electron chi connectivity index (χ1n) is 4.84. The van der Waals surface area contributed by atoms with E-state index in [1.54, 1.807) is 36.5 Å². The third-order valence-corrected chi connectivity index (χ3v) is 2.13. The van der Waals surface area contributed by atoms with Crippen molar-refractivity contribution in [3.63, 3.8) is 0 Å². The van der Waals surface area contributed by atoms with Gasteiger partial charge in [0.2, 0.25) is 0 Å². The number of benzene rings is 1. The Morgan fingerprint density at radius 3 is 2.75 bits per heavy atom. The molecule has 0 unspecified atom stereocenters. The average molecular weight is 218 g/mol. The van der Waals surface area contributed by atoms with Crippen molar-refractivity contribution in [2.24, 2.45) is 0 Å². The number of pyridine rings is 1. The van der Waals surface area contributed by atoms with E-state index >= 15 is 0 Å². The number of anilines is 1. The zero-order valence-electron chi connectivity index (χ0n) is 8.56. The summed E-state index contributed by atoms with van der Waals surface area (Å²) in [5.41, 5.74) is 6.83. The van der Waals surface area contributed by atoms with Crippen LogP contribution in [-0.4, -0.2) is 4.98 Å². The van der Waals surface area contributed by atoms with Crippen LogP contribution in [0.5, 0.6) is 5.75 Å². The van der Waals surface area contributed by atoms with Crippen LogP contribution in [0.2, 0.25) is 0 Å². The number of para-hydroxylation sites is 1. The number of hydrogen-bond acceptors (Lipinski definition) is 3. The molecule has 0 amide bonds. The summed E-state index contributed by atoms with van der Waals surface area (Å²) in [6.45, 7) is 0.160. The highest BCUT2D eigenvalue weighted by Crippen LogP contribution is 2.17. The van der Waals surface area contributed by atoms with E-state index in [-0.39, 0.29) is 12.4 Å². The maximum Gasteiger partial charge on any atom is 0.165 e. The molecule has 2 rings (SSSR count). The van der Waals surface area contributed by atoms with Crippen LogP contribution in [0.1, 0.15) is 5.69 Å². The number of nitrogen functional groups attached to an aromatic ring is 1. The van der Waals surface area contributed by atoms with Crippen LogP contribution in [0.4, 0.5) is 10.1 Å². The highest BCUT2D eigenvalue weighted by atomic mass is 19.1. The molecule has 0 aliphatic rings. The fourth-order valence-electron chi connectivity index (χ4n) is 1.28. The van der Waals surface area contributed by atoms with E-state index in [0.29, 0.717) is 11.4 Å². The first-order valence-corrected chi connectivity index (χ1v) is 4.84. The van der Waals surface area contributed by atoms with Crippen molar-refractivity contribution < 1.29 is 9.13 Å². The molecule has 0 aliphatic heterocycles. The monoisotopic (exact) mass is 218 g/mol. The van der Waals surface area contributed by atoms with Crippen molar-refractivity contribution in [1.82, 2.24) is 4.98 Å². The van der Waals surface area contributed by atoms with Crippen LogP contribution >= 0.6 is 0 Å². The lowest BCUT2D eigenvalue weighted by Crippen LogP contribution is -2.03. The maximum absolute atomic E-state index is 13.2. The molecule has 2 aromatic rings.